The first-order valence-electron chi connectivity index (χ1n) is 5.16. The number of methoxy groups -OCH3 is 2. The number of hydrogen-bond acceptors (Lipinski definition) is 5. The molecule has 0 amide bonds. The summed E-state index contributed by atoms with van der Waals surface area (Å²) in [6.45, 7) is 0. The molecule has 0 bridgehead atoms. The van der Waals surface area contributed by atoms with Crippen molar-refractivity contribution in [1.29, 1.82) is 0 Å². The fourth-order valence-corrected chi connectivity index (χ4v) is 2.76. The molecule has 1 heterocycles. The number of rotatable bonds is 4. The van der Waals surface area contributed by atoms with E-state index in [2.05, 4.69) is 20.9 Å². The number of aromatic nitrogens is 1. The smallest absolute Gasteiger partial charge is 0.136 e. The lowest BCUT2D eigenvalue weighted by atomic mass is 10.1. The normalized spacial score (nSPS) is 12.2. The van der Waals surface area contributed by atoms with Crippen LogP contribution in [0.1, 0.15) is 16.7 Å². The van der Waals surface area contributed by atoms with Crippen molar-refractivity contribution < 1.29 is 14.6 Å². The fourth-order valence-electron chi connectivity index (χ4n) is 1.60. The maximum absolute atomic E-state index is 10.3. The van der Waals surface area contributed by atoms with Crippen LogP contribution in [0.4, 0.5) is 0 Å². The van der Waals surface area contributed by atoms with Crippen molar-refractivity contribution in [2.75, 3.05) is 14.2 Å². The van der Waals surface area contributed by atoms with Crippen LogP contribution in [-0.4, -0.2) is 24.3 Å². The van der Waals surface area contributed by atoms with E-state index in [1.54, 1.807) is 32.5 Å². The van der Waals surface area contributed by atoms with E-state index in [0.717, 1.165) is 4.47 Å². The molecule has 0 saturated carbocycles. The Morgan fingerprint density at radius 2 is 2.00 bits per heavy atom. The predicted octanol–water partition coefficient (Wildman–Crippen LogP) is 3.00. The van der Waals surface area contributed by atoms with E-state index in [4.69, 9.17) is 9.47 Å². The highest BCUT2D eigenvalue weighted by Gasteiger charge is 2.20. The van der Waals surface area contributed by atoms with Gasteiger partial charge in [0.05, 0.1) is 18.7 Å². The molecule has 96 valence electrons. The minimum absolute atomic E-state index is 0.567. The van der Waals surface area contributed by atoms with Gasteiger partial charge in [0, 0.05) is 23.2 Å². The maximum Gasteiger partial charge on any atom is 0.136 e. The molecule has 1 atom stereocenters. The molecule has 0 radical (unpaired) electrons. The number of thiazole rings is 1. The van der Waals surface area contributed by atoms with Crippen LogP contribution >= 0.6 is 27.3 Å². The number of halogens is 1. The third-order valence-electron chi connectivity index (χ3n) is 2.48. The molecule has 4 nitrogen and oxygen atoms in total. The molecule has 18 heavy (non-hydrogen) atoms. The van der Waals surface area contributed by atoms with Gasteiger partial charge < -0.3 is 14.6 Å². The Hall–Kier alpha value is -1.11. The summed E-state index contributed by atoms with van der Waals surface area (Å²) in [5, 5.41) is 12.7. The Labute approximate surface area is 117 Å². The van der Waals surface area contributed by atoms with Gasteiger partial charge in [-0.05, 0) is 22.0 Å². The van der Waals surface area contributed by atoms with E-state index in [1.165, 1.54) is 11.3 Å². The van der Waals surface area contributed by atoms with Crippen LogP contribution in [0.2, 0.25) is 0 Å². The lowest BCUT2D eigenvalue weighted by Gasteiger charge is -2.15. The highest BCUT2D eigenvalue weighted by molar-refractivity contribution is 9.10. The second kappa shape index (κ2) is 5.69. The Morgan fingerprint density at radius 1 is 1.28 bits per heavy atom. The van der Waals surface area contributed by atoms with Gasteiger partial charge in [-0.1, -0.05) is 0 Å². The van der Waals surface area contributed by atoms with Crippen molar-refractivity contribution in [3.05, 3.63) is 38.8 Å². The van der Waals surface area contributed by atoms with Crippen molar-refractivity contribution >= 4 is 27.3 Å². The molecule has 1 aromatic carbocycles. The minimum Gasteiger partial charge on any atom is -0.496 e. The van der Waals surface area contributed by atoms with Crippen LogP contribution in [0.3, 0.4) is 0 Å². The zero-order valence-corrected chi connectivity index (χ0v) is 12.3. The van der Waals surface area contributed by atoms with Crippen molar-refractivity contribution in [2.24, 2.45) is 0 Å². The summed E-state index contributed by atoms with van der Waals surface area (Å²) in [6, 6.07) is 3.51. The van der Waals surface area contributed by atoms with Gasteiger partial charge >= 0.3 is 0 Å². The molecule has 0 aliphatic carbocycles. The lowest BCUT2D eigenvalue weighted by Crippen LogP contribution is -2.03. The van der Waals surface area contributed by atoms with Crippen molar-refractivity contribution in [3.63, 3.8) is 0 Å². The summed E-state index contributed by atoms with van der Waals surface area (Å²) < 4.78 is 11.2. The van der Waals surface area contributed by atoms with Gasteiger partial charge in [-0.3, -0.25) is 0 Å². The van der Waals surface area contributed by atoms with Crippen molar-refractivity contribution in [3.8, 4) is 11.5 Å². The van der Waals surface area contributed by atoms with Crippen LogP contribution < -0.4 is 9.47 Å². The Balaban J connectivity index is 2.46. The maximum atomic E-state index is 10.3. The molecule has 0 fully saturated rings. The number of hydrogen-bond donors (Lipinski definition) is 1. The molecule has 2 rings (SSSR count). The van der Waals surface area contributed by atoms with Gasteiger partial charge in [0.25, 0.3) is 0 Å². The molecule has 2 aromatic rings. The Kier molecular flexibility index (Phi) is 4.21. The van der Waals surface area contributed by atoms with E-state index in [0.29, 0.717) is 22.1 Å². The van der Waals surface area contributed by atoms with Crippen LogP contribution in [-0.2, 0) is 0 Å². The van der Waals surface area contributed by atoms with Crippen LogP contribution in [0.15, 0.2) is 28.2 Å². The van der Waals surface area contributed by atoms with Gasteiger partial charge in [-0.25, -0.2) is 4.98 Å². The average Bonchev–Trinajstić information content (AvgIpc) is 2.91. The molecule has 0 aliphatic heterocycles. The fraction of sp³-hybridized carbons (Fsp3) is 0.250. The first kappa shape index (κ1) is 13.3. The largest absolute Gasteiger partial charge is 0.496 e. The quantitative estimate of drug-likeness (QED) is 0.936. The van der Waals surface area contributed by atoms with Gasteiger partial charge in [0.15, 0.2) is 0 Å². The second-order valence-electron chi connectivity index (χ2n) is 3.50. The molecule has 0 spiro atoms. The van der Waals surface area contributed by atoms with Crippen LogP contribution in [0.25, 0.3) is 0 Å². The van der Waals surface area contributed by atoms with E-state index in [9.17, 15) is 5.11 Å². The van der Waals surface area contributed by atoms with Gasteiger partial charge in [0.1, 0.15) is 22.6 Å². The van der Waals surface area contributed by atoms with Gasteiger partial charge in [0.2, 0.25) is 0 Å². The SMILES string of the molecule is COc1cc(OC)c(C(O)c2nccs2)cc1Br. The summed E-state index contributed by atoms with van der Waals surface area (Å²) >= 11 is 4.79. The summed E-state index contributed by atoms with van der Waals surface area (Å²) in [7, 11) is 3.14. The van der Waals surface area contributed by atoms with E-state index < -0.39 is 6.10 Å². The molecular formula is C12H12BrNO3S. The molecular weight excluding hydrogens is 318 g/mol. The number of benzene rings is 1. The Bertz CT molecular complexity index is 530. The first-order chi connectivity index (χ1) is 8.67. The average molecular weight is 330 g/mol. The van der Waals surface area contributed by atoms with Crippen LogP contribution in [0, 0.1) is 0 Å². The van der Waals surface area contributed by atoms with Gasteiger partial charge in [-0.2, -0.15) is 0 Å². The molecule has 1 unspecified atom stereocenters. The van der Waals surface area contributed by atoms with Crippen molar-refractivity contribution in [1.82, 2.24) is 4.98 Å². The zero-order valence-electron chi connectivity index (χ0n) is 9.88. The molecule has 6 heteroatoms. The van der Waals surface area contributed by atoms with E-state index >= 15 is 0 Å². The standard InChI is InChI=1S/C12H12BrNO3S/c1-16-9-6-10(17-2)8(13)5-7(9)11(15)12-14-3-4-18-12/h3-6,11,15H,1-2H3. The summed E-state index contributed by atoms with van der Waals surface area (Å²) in [4.78, 5) is 4.11. The van der Waals surface area contributed by atoms with Crippen molar-refractivity contribution in [2.45, 2.75) is 6.10 Å². The summed E-state index contributed by atoms with van der Waals surface area (Å²) in [5.74, 6) is 1.22. The monoisotopic (exact) mass is 329 g/mol. The molecule has 1 aromatic heterocycles. The molecule has 1 N–H and O–H groups in total. The second-order valence-corrected chi connectivity index (χ2v) is 5.28. The third kappa shape index (κ3) is 2.50. The number of nitrogens with zero attached hydrogens (tertiary/aromatic N) is 1. The highest BCUT2D eigenvalue weighted by atomic mass is 79.9. The minimum atomic E-state index is -0.804. The topological polar surface area (TPSA) is 51.6 Å². The van der Waals surface area contributed by atoms with E-state index in [-0.39, 0.29) is 0 Å². The summed E-state index contributed by atoms with van der Waals surface area (Å²) in [6.07, 6.45) is 0.857. The highest BCUT2D eigenvalue weighted by Crippen LogP contribution is 2.38. The number of aliphatic hydroxyl groups excluding tert-OH is 1. The number of aliphatic hydroxyl groups is 1. The lowest BCUT2D eigenvalue weighted by molar-refractivity contribution is 0.214. The Morgan fingerprint density at radius 3 is 2.56 bits per heavy atom. The number of ether oxygens (including phenoxy) is 2. The zero-order chi connectivity index (χ0) is 13.1. The van der Waals surface area contributed by atoms with Crippen LogP contribution in [0.5, 0.6) is 11.5 Å². The van der Waals surface area contributed by atoms with Gasteiger partial charge in [-0.15, -0.1) is 11.3 Å². The predicted molar refractivity (Wildman–Crippen MR) is 73.4 cm³/mol. The third-order valence-corrected chi connectivity index (χ3v) is 3.93. The molecule has 0 aliphatic rings. The van der Waals surface area contributed by atoms with E-state index in [1.807, 2.05) is 5.38 Å². The first-order valence-corrected chi connectivity index (χ1v) is 6.83. The molecule has 0 saturated heterocycles. The summed E-state index contributed by atoms with van der Waals surface area (Å²) in [5.41, 5.74) is 0.653.